The van der Waals surface area contributed by atoms with Crippen LogP contribution in [0.5, 0.6) is 0 Å². The first-order valence-electron chi connectivity index (χ1n) is 6.68. The minimum Gasteiger partial charge on any atom is -0.460 e. The molecule has 5 heteroatoms. The average Bonchev–Trinajstić information content (AvgIpc) is 2.38. The number of rotatable bonds is 6. The summed E-state index contributed by atoms with van der Waals surface area (Å²) in [5.74, 6) is -0.305. The zero-order valence-electron chi connectivity index (χ0n) is 12.7. The minimum atomic E-state index is -0.305. The molecule has 0 amide bonds. The Labute approximate surface area is 127 Å². The number of halogens is 1. The molecule has 1 aromatic carbocycles. The molecule has 0 heterocycles. The predicted molar refractivity (Wildman–Crippen MR) is 85.4 cm³/mol. The summed E-state index contributed by atoms with van der Waals surface area (Å²) in [6.45, 7) is 10.6. The lowest BCUT2D eigenvalue weighted by molar-refractivity contribution is 0.0156. The molecule has 0 aliphatic rings. The molecule has 0 aliphatic heterocycles. The lowest BCUT2D eigenvalue weighted by Crippen LogP contribution is -2.47. The average molecular weight is 301 g/mol. The van der Waals surface area contributed by atoms with Crippen LogP contribution in [0.1, 0.15) is 38.1 Å². The second-order valence-electron chi connectivity index (χ2n) is 5.18. The van der Waals surface area contributed by atoms with Crippen molar-refractivity contribution < 1.29 is 9.53 Å². The molecule has 0 fully saturated rings. The van der Waals surface area contributed by atoms with Crippen LogP contribution in [0, 0.1) is 0 Å². The molecule has 0 radical (unpaired) electrons. The standard InChI is InChI=1S/C15H24N2O2.ClH/c1-5-17(6-2)15(3,4)11-19-14(18)12-7-9-13(16)10-8-12;/h7-10H,5-6,11,16H2,1-4H3;1H. The maximum absolute atomic E-state index is 11.9. The zero-order chi connectivity index (χ0) is 14.5. The normalized spacial score (nSPS) is 11.1. The summed E-state index contributed by atoms with van der Waals surface area (Å²) in [5.41, 5.74) is 6.60. The van der Waals surface area contributed by atoms with Gasteiger partial charge in [0.25, 0.3) is 0 Å². The highest BCUT2D eigenvalue weighted by atomic mass is 35.5. The van der Waals surface area contributed by atoms with Crippen molar-refractivity contribution in [2.45, 2.75) is 33.2 Å². The molecule has 0 spiro atoms. The summed E-state index contributed by atoms with van der Waals surface area (Å²) < 4.78 is 5.40. The van der Waals surface area contributed by atoms with E-state index in [1.807, 2.05) is 0 Å². The number of nitrogens with two attached hydrogens (primary N) is 1. The lowest BCUT2D eigenvalue weighted by Gasteiger charge is -2.36. The van der Waals surface area contributed by atoms with Gasteiger partial charge in [-0.05, 0) is 51.2 Å². The molecule has 114 valence electrons. The van der Waals surface area contributed by atoms with E-state index in [1.54, 1.807) is 24.3 Å². The number of esters is 1. The van der Waals surface area contributed by atoms with Gasteiger partial charge in [-0.2, -0.15) is 0 Å². The summed E-state index contributed by atoms with van der Waals surface area (Å²) in [4.78, 5) is 14.2. The van der Waals surface area contributed by atoms with Gasteiger partial charge in [-0.3, -0.25) is 4.90 Å². The van der Waals surface area contributed by atoms with Gasteiger partial charge in [0.05, 0.1) is 5.56 Å². The van der Waals surface area contributed by atoms with Crippen LogP contribution in [0.3, 0.4) is 0 Å². The number of anilines is 1. The number of hydrogen-bond donors (Lipinski definition) is 1. The molecule has 2 N–H and O–H groups in total. The highest BCUT2D eigenvalue weighted by molar-refractivity contribution is 5.89. The topological polar surface area (TPSA) is 55.6 Å². The first kappa shape index (κ1) is 18.7. The van der Waals surface area contributed by atoms with Gasteiger partial charge in [-0.25, -0.2) is 4.79 Å². The van der Waals surface area contributed by atoms with E-state index in [-0.39, 0.29) is 23.9 Å². The number of nitrogens with zero attached hydrogens (tertiary/aromatic N) is 1. The molecule has 0 saturated carbocycles. The third kappa shape index (κ3) is 5.02. The van der Waals surface area contributed by atoms with E-state index < -0.39 is 0 Å². The van der Waals surface area contributed by atoms with Gasteiger partial charge in [-0.15, -0.1) is 12.4 Å². The first-order valence-corrected chi connectivity index (χ1v) is 6.68. The molecular weight excluding hydrogens is 276 g/mol. The molecule has 0 aliphatic carbocycles. The largest absolute Gasteiger partial charge is 0.460 e. The summed E-state index contributed by atoms with van der Waals surface area (Å²) >= 11 is 0. The molecule has 20 heavy (non-hydrogen) atoms. The van der Waals surface area contributed by atoms with E-state index in [9.17, 15) is 4.79 Å². The Balaban J connectivity index is 0.00000361. The molecule has 0 atom stereocenters. The maximum atomic E-state index is 11.9. The molecule has 0 saturated heterocycles. The Bertz CT molecular complexity index is 414. The van der Waals surface area contributed by atoms with Crippen molar-refractivity contribution in [3.63, 3.8) is 0 Å². The molecule has 1 aromatic rings. The van der Waals surface area contributed by atoms with E-state index in [0.717, 1.165) is 13.1 Å². The first-order chi connectivity index (χ1) is 8.90. The van der Waals surface area contributed by atoms with Gasteiger partial charge in [0.15, 0.2) is 0 Å². The Kier molecular flexibility index (Phi) is 7.61. The van der Waals surface area contributed by atoms with Gasteiger partial charge < -0.3 is 10.5 Å². The minimum absolute atomic E-state index is 0. The van der Waals surface area contributed by atoms with E-state index in [1.165, 1.54) is 0 Å². The fourth-order valence-corrected chi connectivity index (χ4v) is 2.12. The van der Waals surface area contributed by atoms with Crippen LogP contribution in [-0.4, -0.2) is 36.1 Å². The third-order valence-electron chi connectivity index (χ3n) is 3.32. The summed E-state index contributed by atoms with van der Waals surface area (Å²) in [5, 5.41) is 0. The van der Waals surface area contributed by atoms with Crippen LogP contribution in [-0.2, 0) is 4.74 Å². The van der Waals surface area contributed by atoms with E-state index >= 15 is 0 Å². The Hall–Kier alpha value is -1.26. The zero-order valence-corrected chi connectivity index (χ0v) is 13.5. The van der Waals surface area contributed by atoms with Gasteiger partial charge in [-0.1, -0.05) is 13.8 Å². The fraction of sp³-hybridized carbons (Fsp3) is 0.533. The number of nitrogen functional groups attached to an aromatic ring is 1. The van der Waals surface area contributed by atoms with Crippen LogP contribution in [0.15, 0.2) is 24.3 Å². The molecular formula is C15H25ClN2O2. The van der Waals surface area contributed by atoms with E-state index in [4.69, 9.17) is 10.5 Å². The Morgan fingerprint density at radius 3 is 2.15 bits per heavy atom. The Morgan fingerprint density at radius 2 is 1.70 bits per heavy atom. The quantitative estimate of drug-likeness (QED) is 0.648. The molecule has 0 aromatic heterocycles. The number of carbonyl (C=O) groups is 1. The van der Waals surface area contributed by atoms with Crippen LogP contribution < -0.4 is 5.73 Å². The third-order valence-corrected chi connectivity index (χ3v) is 3.32. The Morgan fingerprint density at radius 1 is 1.20 bits per heavy atom. The summed E-state index contributed by atoms with van der Waals surface area (Å²) in [6.07, 6.45) is 0. The molecule has 0 bridgehead atoms. The number of hydrogen-bond acceptors (Lipinski definition) is 4. The number of carbonyl (C=O) groups excluding carboxylic acids is 1. The SMILES string of the molecule is CCN(CC)C(C)(C)COC(=O)c1ccc(N)cc1.Cl. The smallest absolute Gasteiger partial charge is 0.338 e. The monoisotopic (exact) mass is 300 g/mol. The van der Waals surface area contributed by atoms with Crippen molar-refractivity contribution in [2.75, 3.05) is 25.4 Å². The van der Waals surface area contributed by atoms with Crippen molar-refractivity contribution in [1.29, 1.82) is 0 Å². The van der Waals surface area contributed by atoms with Gasteiger partial charge in [0.1, 0.15) is 6.61 Å². The van der Waals surface area contributed by atoms with E-state index in [2.05, 4.69) is 32.6 Å². The van der Waals surface area contributed by atoms with Gasteiger partial charge in [0.2, 0.25) is 0 Å². The molecule has 4 nitrogen and oxygen atoms in total. The highest BCUT2D eigenvalue weighted by Crippen LogP contribution is 2.15. The van der Waals surface area contributed by atoms with Crippen LogP contribution in [0.4, 0.5) is 5.69 Å². The number of ether oxygens (including phenoxy) is 1. The van der Waals surface area contributed by atoms with Crippen molar-refractivity contribution in [2.24, 2.45) is 0 Å². The van der Waals surface area contributed by atoms with Crippen molar-refractivity contribution >= 4 is 24.1 Å². The maximum Gasteiger partial charge on any atom is 0.338 e. The predicted octanol–water partition coefficient (Wildman–Crippen LogP) is 2.97. The van der Waals surface area contributed by atoms with E-state index in [0.29, 0.717) is 17.9 Å². The van der Waals surface area contributed by atoms with Crippen molar-refractivity contribution in [3.8, 4) is 0 Å². The highest BCUT2D eigenvalue weighted by Gasteiger charge is 2.26. The number of likely N-dealkylation sites (N-methyl/N-ethyl adjacent to an activating group) is 1. The summed E-state index contributed by atoms with van der Waals surface area (Å²) in [6, 6.07) is 6.77. The number of benzene rings is 1. The second kappa shape index (κ2) is 8.12. The van der Waals surface area contributed by atoms with Crippen molar-refractivity contribution in [1.82, 2.24) is 4.90 Å². The van der Waals surface area contributed by atoms with Crippen molar-refractivity contribution in [3.05, 3.63) is 29.8 Å². The lowest BCUT2D eigenvalue weighted by atomic mass is 10.0. The van der Waals surface area contributed by atoms with Crippen LogP contribution in [0.2, 0.25) is 0 Å². The fourth-order valence-electron chi connectivity index (χ4n) is 2.12. The summed E-state index contributed by atoms with van der Waals surface area (Å²) in [7, 11) is 0. The van der Waals surface area contributed by atoms with Crippen LogP contribution in [0.25, 0.3) is 0 Å². The van der Waals surface area contributed by atoms with Crippen LogP contribution >= 0.6 is 12.4 Å². The van der Waals surface area contributed by atoms with Gasteiger partial charge >= 0.3 is 5.97 Å². The van der Waals surface area contributed by atoms with Gasteiger partial charge in [0, 0.05) is 11.2 Å². The second-order valence-corrected chi connectivity index (χ2v) is 5.18. The molecule has 1 rings (SSSR count). The molecule has 0 unspecified atom stereocenters.